The summed E-state index contributed by atoms with van der Waals surface area (Å²) in [5.41, 5.74) is 0.713. The Morgan fingerprint density at radius 3 is 2.82 bits per heavy atom. The monoisotopic (exact) mass is 425 g/mol. The molecule has 1 aromatic carbocycles. The van der Waals surface area contributed by atoms with E-state index in [9.17, 15) is 4.79 Å². The molecule has 0 amide bonds. The zero-order valence-corrected chi connectivity index (χ0v) is 14.5. The minimum atomic E-state index is 0.0777. The molecule has 0 radical (unpaired) electrons. The van der Waals surface area contributed by atoms with E-state index in [-0.39, 0.29) is 5.78 Å². The van der Waals surface area contributed by atoms with Crippen molar-refractivity contribution in [3.63, 3.8) is 0 Å². The van der Waals surface area contributed by atoms with Gasteiger partial charge in [-0.3, -0.25) is 4.79 Å². The number of benzene rings is 1. The summed E-state index contributed by atoms with van der Waals surface area (Å²) in [5.74, 6) is 1.23. The molecule has 3 aromatic rings. The average Bonchev–Trinajstić information content (AvgIpc) is 3.18. The van der Waals surface area contributed by atoms with Gasteiger partial charge in [0.15, 0.2) is 10.9 Å². The fraction of sp³-hybridized carbons (Fsp3) is 0.133. The number of halogens is 1. The summed E-state index contributed by atoms with van der Waals surface area (Å²) in [4.78, 5) is 12.2. The summed E-state index contributed by atoms with van der Waals surface area (Å²) in [5, 5.41) is 8.66. The van der Waals surface area contributed by atoms with Gasteiger partial charge in [-0.05, 0) is 46.9 Å². The van der Waals surface area contributed by atoms with Crippen molar-refractivity contribution in [2.75, 3.05) is 5.75 Å². The molecule has 7 heteroatoms. The molecular weight excluding hydrogens is 413 g/mol. The molecule has 0 fully saturated rings. The number of hydrogen-bond acceptors (Lipinski definition) is 5. The Hall–Kier alpha value is -1.61. The number of furan rings is 1. The SMILES string of the molecule is O=C(CSc1nncn1Cc1ccco1)c1ccc(I)cc1. The Bertz CT molecular complexity index is 753. The Morgan fingerprint density at radius 2 is 2.09 bits per heavy atom. The highest BCUT2D eigenvalue weighted by Gasteiger charge is 2.11. The Kier molecular flexibility index (Phi) is 4.94. The van der Waals surface area contributed by atoms with E-state index in [0.29, 0.717) is 23.0 Å². The maximum absolute atomic E-state index is 12.2. The van der Waals surface area contributed by atoms with Crippen molar-refractivity contribution in [1.82, 2.24) is 14.8 Å². The molecule has 112 valence electrons. The second-order valence-electron chi connectivity index (χ2n) is 4.54. The number of Topliss-reactive ketones (excluding diaryl/α,β-unsaturated/α-hetero) is 1. The molecule has 0 spiro atoms. The molecule has 22 heavy (non-hydrogen) atoms. The Balaban J connectivity index is 1.63. The van der Waals surface area contributed by atoms with Gasteiger partial charge in [-0.2, -0.15) is 0 Å². The number of carbonyl (C=O) groups excluding carboxylic acids is 1. The normalized spacial score (nSPS) is 10.8. The molecule has 3 rings (SSSR count). The third kappa shape index (κ3) is 3.77. The highest BCUT2D eigenvalue weighted by Crippen LogP contribution is 2.18. The highest BCUT2D eigenvalue weighted by molar-refractivity contribution is 14.1. The van der Waals surface area contributed by atoms with Gasteiger partial charge in [-0.15, -0.1) is 10.2 Å². The van der Waals surface area contributed by atoms with Gasteiger partial charge in [0.25, 0.3) is 0 Å². The first kappa shape index (κ1) is 15.3. The minimum absolute atomic E-state index is 0.0777. The quantitative estimate of drug-likeness (QED) is 0.344. The standard InChI is InChI=1S/C15H12IN3O2S/c16-12-5-3-11(4-6-12)14(20)9-22-15-18-17-10-19(15)8-13-2-1-7-21-13/h1-7,10H,8-9H2. The zero-order chi connectivity index (χ0) is 15.4. The molecule has 0 aliphatic carbocycles. The molecule has 5 nitrogen and oxygen atoms in total. The van der Waals surface area contributed by atoms with Crippen LogP contribution in [0, 0.1) is 3.57 Å². The van der Waals surface area contributed by atoms with Crippen LogP contribution in [0.4, 0.5) is 0 Å². The maximum atomic E-state index is 12.2. The Labute approximate surface area is 145 Å². The van der Waals surface area contributed by atoms with Crippen LogP contribution in [-0.4, -0.2) is 26.3 Å². The number of thioether (sulfide) groups is 1. The van der Waals surface area contributed by atoms with Gasteiger partial charge >= 0.3 is 0 Å². The van der Waals surface area contributed by atoms with E-state index < -0.39 is 0 Å². The summed E-state index contributed by atoms with van der Waals surface area (Å²) in [6.45, 7) is 0.556. The smallest absolute Gasteiger partial charge is 0.191 e. The number of nitrogens with zero attached hydrogens (tertiary/aromatic N) is 3. The zero-order valence-electron chi connectivity index (χ0n) is 11.5. The molecule has 0 saturated carbocycles. The van der Waals surface area contributed by atoms with E-state index in [1.807, 2.05) is 41.0 Å². The molecule has 0 aliphatic heterocycles. The molecule has 0 aliphatic rings. The van der Waals surface area contributed by atoms with Crippen molar-refractivity contribution in [3.05, 3.63) is 63.9 Å². The average molecular weight is 425 g/mol. The molecular formula is C15H12IN3O2S. The first-order valence-electron chi connectivity index (χ1n) is 6.54. The third-order valence-corrected chi connectivity index (χ3v) is 4.68. The van der Waals surface area contributed by atoms with Crippen LogP contribution in [0.2, 0.25) is 0 Å². The van der Waals surface area contributed by atoms with E-state index in [1.54, 1.807) is 12.6 Å². The summed E-state index contributed by atoms with van der Waals surface area (Å²) in [6.07, 6.45) is 3.27. The van der Waals surface area contributed by atoms with Crippen LogP contribution < -0.4 is 0 Å². The fourth-order valence-electron chi connectivity index (χ4n) is 1.88. The van der Waals surface area contributed by atoms with Crippen molar-refractivity contribution >= 4 is 40.1 Å². The largest absolute Gasteiger partial charge is 0.467 e. The van der Waals surface area contributed by atoms with Crippen molar-refractivity contribution in [1.29, 1.82) is 0 Å². The van der Waals surface area contributed by atoms with E-state index in [1.165, 1.54) is 11.8 Å². The van der Waals surface area contributed by atoms with Gasteiger partial charge < -0.3 is 8.98 Å². The second kappa shape index (κ2) is 7.10. The fourth-order valence-corrected chi connectivity index (χ4v) is 3.05. The van der Waals surface area contributed by atoms with Crippen LogP contribution in [0.5, 0.6) is 0 Å². The maximum Gasteiger partial charge on any atom is 0.191 e. The highest BCUT2D eigenvalue weighted by atomic mass is 127. The summed E-state index contributed by atoms with van der Waals surface area (Å²) in [6, 6.07) is 11.3. The Morgan fingerprint density at radius 1 is 1.27 bits per heavy atom. The number of aromatic nitrogens is 3. The van der Waals surface area contributed by atoms with E-state index in [4.69, 9.17) is 4.42 Å². The first-order valence-corrected chi connectivity index (χ1v) is 8.60. The number of rotatable bonds is 6. The lowest BCUT2D eigenvalue weighted by molar-refractivity contribution is 0.102. The van der Waals surface area contributed by atoms with Crippen LogP contribution in [0.1, 0.15) is 16.1 Å². The lowest BCUT2D eigenvalue weighted by Crippen LogP contribution is -2.05. The molecule has 2 heterocycles. The first-order chi connectivity index (χ1) is 10.7. The van der Waals surface area contributed by atoms with Gasteiger partial charge in [0, 0.05) is 9.13 Å². The van der Waals surface area contributed by atoms with E-state index in [0.717, 1.165) is 9.33 Å². The molecule has 0 bridgehead atoms. The summed E-state index contributed by atoms with van der Waals surface area (Å²) >= 11 is 3.60. The summed E-state index contributed by atoms with van der Waals surface area (Å²) in [7, 11) is 0. The van der Waals surface area contributed by atoms with Crippen LogP contribution in [0.15, 0.2) is 58.6 Å². The predicted octanol–water partition coefficient (Wildman–Crippen LogP) is 3.50. The van der Waals surface area contributed by atoms with Crippen LogP contribution >= 0.6 is 34.4 Å². The van der Waals surface area contributed by atoms with Crippen molar-refractivity contribution < 1.29 is 9.21 Å². The van der Waals surface area contributed by atoms with Gasteiger partial charge in [-0.25, -0.2) is 0 Å². The number of hydrogen-bond donors (Lipinski definition) is 0. The lowest BCUT2D eigenvalue weighted by Gasteiger charge is -2.04. The van der Waals surface area contributed by atoms with Crippen molar-refractivity contribution in [3.8, 4) is 0 Å². The van der Waals surface area contributed by atoms with Crippen LogP contribution in [-0.2, 0) is 6.54 Å². The topological polar surface area (TPSA) is 60.9 Å². The number of carbonyl (C=O) groups is 1. The van der Waals surface area contributed by atoms with Crippen LogP contribution in [0.25, 0.3) is 0 Å². The van der Waals surface area contributed by atoms with Gasteiger partial charge in [0.05, 0.1) is 18.6 Å². The lowest BCUT2D eigenvalue weighted by atomic mass is 10.2. The minimum Gasteiger partial charge on any atom is -0.467 e. The van der Waals surface area contributed by atoms with Crippen molar-refractivity contribution in [2.24, 2.45) is 0 Å². The van der Waals surface area contributed by atoms with Gasteiger partial charge in [0.1, 0.15) is 12.1 Å². The molecule has 0 unspecified atom stereocenters. The second-order valence-corrected chi connectivity index (χ2v) is 6.73. The third-order valence-electron chi connectivity index (χ3n) is 2.98. The van der Waals surface area contributed by atoms with Crippen molar-refractivity contribution in [2.45, 2.75) is 11.7 Å². The van der Waals surface area contributed by atoms with E-state index >= 15 is 0 Å². The molecule has 0 N–H and O–H groups in total. The predicted molar refractivity (Wildman–Crippen MR) is 92.0 cm³/mol. The summed E-state index contributed by atoms with van der Waals surface area (Å²) < 4.78 is 8.29. The number of ketones is 1. The van der Waals surface area contributed by atoms with Crippen LogP contribution in [0.3, 0.4) is 0 Å². The molecule has 0 atom stereocenters. The van der Waals surface area contributed by atoms with E-state index in [2.05, 4.69) is 32.8 Å². The van der Waals surface area contributed by atoms with Gasteiger partial charge in [-0.1, -0.05) is 23.9 Å². The van der Waals surface area contributed by atoms with Gasteiger partial charge in [0.2, 0.25) is 0 Å². The molecule has 0 saturated heterocycles. The molecule has 2 aromatic heterocycles.